The Labute approximate surface area is 120 Å². The van der Waals surface area contributed by atoms with Crippen LogP contribution in [0.4, 0.5) is 0 Å². The molecule has 0 amide bonds. The van der Waals surface area contributed by atoms with Gasteiger partial charge in [0.1, 0.15) is 12.0 Å². The van der Waals surface area contributed by atoms with E-state index in [2.05, 4.69) is 21.0 Å². The second kappa shape index (κ2) is 5.35. The van der Waals surface area contributed by atoms with Gasteiger partial charge in [0.25, 0.3) is 0 Å². The summed E-state index contributed by atoms with van der Waals surface area (Å²) in [6.45, 7) is 0.808. The smallest absolute Gasteiger partial charge is 0.150 e. The van der Waals surface area contributed by atoms with Gasteiger partial charge in [0.05, 0.1) is 5.69 Å². The van der Waals surface area contributed by atoms with E-state index in [0.29, 0.717) is 0 Å². The van der Waals surface area contributed by atoms with Crippen molar-refractivity contribution in [1.29, 1.82) is 0 Å². The summed E-state index contributed by atoms with van der Waals surface area (Å²) in [6, 6.07) is 7.16. The largest absolute Gasteiger partial charge is 0.508 e. The van der Waals surface area contributed by atoms with Crippen LogP contribution >= 0.6 is 15.9 Å². The summed E-state index contributed by atoms with van der Waals surface area (Å²) in [7, 11) is 0. The van der Waals surface area contributed by atoms with Gasteiger partial charge in [-0.3, -0.25) is 0 Å². The molecule has 0 bridgehead atoms. The molecule has 1 fully saturated rings. The molecule has 3 rings (SSSR count). The van der Waals surface area contributed by atoms with Crippen molar-refractivity contribution in [2.45, 2.75) is 25.5 Å². The Hall–Kier alpha value is -1.33. The highest BCUT2D eigenvalue weighted by Crippen LogP contribution is 2.31. The average molecular weight is 323 g/mol. The molecular formula is C14H15BrN2O2. The zero-order chi connectivity index (χ0) is 13.2. The van der Waals surface area contributed by atoms with Gasteiger partial charge < -0.3 is 9.84 Å². The SMILES string of the molecule is Oc1ccc(-c2ccn(C3CCCCO3)n2)c(Br)c1. The summed E-state index contributed by atoms with van der Waals surface area (Å²) >= 11 is 3.45. The lowest BCUT2D eigenvalue weighted by Gasteiger charge is -2.22. The van der Waals surface area contributed by atoms with Crippen LogP contribution in [0.2, 0.25) is 0 Å². The predicted octanol–water partition coefficient (Wildman–Crippen LogP) is 3.72. The lowest BCUT2D eigenvalue weighted by Crippen LogP contribution is -2.18. The molecular weight excluding hydrogens is 308 g/mol. The summed E-state index contributed by atoms with van der Waals surface area (Å²) in [6.07, 6.45) is 5.33. The van der Waals surface area contributed by atoms with Crippen LogP contribution in [0.25, 0.3) is 11.3 Å². The first kappa shape index (κ1) is 12.7. The average Bonchev–Trinajstić information content (AvgIpc) is 2.89. The maximum absolute atomic E-state index is 9.42. The molecule has 4 nitrogen and oxygen atoms in total. The van der Waals surface area contributed by atoms with Crippen molar-refractivity contribution in [1.82, 2.24) is 9.78 Å². The Bertz CT molecular complexity index is 577. The molecule has 19 heavy (non-hydrogen) atoms. The van der Waals surface area contributed by atoms with E-state index in [0.717, 1.165) is 35.2 Å². The van der Waals surface area contributed by atoms with Gasteiger partial charge in [0.15, 0.2) is 0 Å². The first-order valence-corrected chi connectivity index (χ1v) is 7.19. The molecule has 0 radical (unpaired) electrons. The third kappa shape index (κ3) is 2.67. The number of hydrogen-bond donors (Lipinski definition) is 1. The Morgan fingerprint density at radius 2 is 2.21 bits per heavy atom. The van der Waals surface area contributed by atoms with E-state index < -0.39 is 0 Å². The highest BCUT2D eigenvalue weighted by Gasteiger charge is 2.17. The van der Waals surface area contributed by atoms with Gasteiger partial charge in [-0.2, -0.15) is 5.10 Å². The lowest BCUT2D eigenvalue weighted by molar-refractivity contribution is -0.0393. The number of aromatic hydroxyl groups is 1. The van der Waals surface area contributed by atoms with Gasteiger partial charge in [-0.15, -0.1) is 0 Å². The van der Waals surface area contributed by atoms with Crippen LogP contribution in [0.15, 0.2) is 34.9 Å². The minimum atomic E-state index is 0.0541. The van der Waals surface area contributed by atoms with Crippen LogP contribution in [0.5, 0.6) is 5.75 Å². The maximum Gasteiger partial charge on any atom is 0.150 e. The predicted molar refractivity (Wildman–Crippen MR) is 75.9 cm³/mol. The number of aromatic nitrogens is 2. The van der Waals surface area contributed by atoms with Gasteiger partial charge in [-0.05, 0) is 59.5 Å². The minimum Gasteiger partial charge on any atom is -0.508 e. The molecule has 0 aliphatic carbocycles. The van der Waals surface area contributed by atoms with Crippen LogP contribution in [-0.2, 0) is 4.74 Å². The van der Waals surface area contributed by atoms with E-state index >= 15 is 0 Å². The number of benzene rings is 1. The Morgan fingerprint density at radius 3 is 2.95 bits per heavy atom. The van der Waals surface area contributed by atoms with Crippen molar-refractivity contribution in [2.75, 3.05) is 6.61 Å². The topological polar surface area (TPSA) is 47.3 Å². The molecule has 100 valence electrons. The molecule has 1 aromatic carbocycles. The quantitative estimate of drug-likeness (QED) is 0.916. The van der Waals surface area contributed by atoms with Crippen molar-refractivity contribution >= 4 is 15.9 Å². The number of halogens is 1. The summed E-state index contributed by atoms with van der Waals surface area (Å²) < 4.78 is 8.43. The Morgan fingerprint density at radius 1 is 1.32 bits per heavy atom. The second-order valence-electron chi connectivity index (χ2n) is 4.67. The van der Waals surface area contributed by atoms with E-state index in [1.807, 2.05) is 23.0 Å². The minimum absolute atomic E-state index is 0.0541. The molecule has 1 saturated heterocycles. The zero-order valence-corrected chi connectivity index (χ0v) is 12.0. The van der Waals surface area contributed by atoms with Crippen LogP contribution in [0.3, 0.4) is 0 Å². The van der Waals surface area contributed by atoms with Gasteiger partial charge in [-0.25, -0.2) is 4.68 Å². The van der Waals surface area contributed by atoms with Crippen molar-refractivity contribution in [3.63, 3.8) is 0 Å². The van der Waals surface area contributed by atoms with E-state index in [4.69, 9.17) is 4.74 Å². The number of nitrogens with zero attached hydrogens (tertiary/aromatic N) is 2. The van der Waals surface area contributed by atoms with E-state index in [-0.39, 0.29) is 12.0 Å². The van der Waals surface area contributed by atoms with Gasteiger partial charge in [0.2, 0.25) is 0 Å². The fraction of sp³-hybridized carbons (Fsp3) is 0.357. The number of ether oxygens (including phenoxy) is 1. The van der Waals surface area contributed by atoms with Crippen molar-refractivity contribution in [3.8, 4) is 17.0 Å². The van der Waals surface area contributed by atoms with Gasteiger partial charge in [-0.1, -0.05) is 0 Å². The molecule has 1 unspecified atom stereocenters. The first-order valence-electron chi connectivity index (χ1n) is 6.40. The second-order valence-corrected chi connectivity index (χ2v) is 5.52. The van der Waals surface area contributed by atoms with Gasteiger partial charge >= 0.3 is 0 Å². The number of phenolic OH excluding ortho intramolecular Hbond substituents is 1. The number of rotatable bonds is 2. The van der Waals surface area contributed by atoms with Crippen molar-refractivity contribution in [3.05, 3.63) is 34.9 Å². The van der Waals surface area contributed by atoms with E-state index in [1.54, 1.807) is 12.1 Å². The van der Waals surface area contributed by atoms with E-state index in [9.17, 15) is 5.11 Å². The zero-order valence-electron chi connectivity index (χ0n) is 10.4. The monoisotopic (exact) mass is 322 g/mol. The summed E-state index contributed by atoms with van der Waals surface area (Å²) in [4.78, 5) is 0. The van der Waals surface area contributed by atoms with Crippen LogP contribution < -0.4 is 0 Å². The normalized spacial score (nSPS) is 19.5. The van der Waals surface area contributed by atoms with E-state index in [1.165, 1.54) is 6.42 Å². The van der Waals surface area contributed by atoms with Crippen LogP contribution in [-0.4, -0.2) is 21.5 Å². The third-order valence-corrected chi connectivity index (χ3v) is 3.94. The molecule has 0 saturated carbocycles. The lowest BCUT2D eigenvalue weighted by atomic mass is 10.1. The summed E-state index contributed by atoms with van der Waals surface area (Å²) in [5.41, 5.74) is 1.84. The molecule has 1 aromatic heterocycles. The molecule has 1 aliphatic rings. The molecule has 1 N–H and O–H groups in total. The van der Waals surface area contributed by atoms with Crippen LogP contribution in [0, 0.1) is 0 Å². The van der Waals surface area contributed by atoms with Gasteiger partial charge in [0, 0.05) is 22.8 Å². The summed E-state index contributed by atoms with van der Waals surface area (Å²) in [5.74, 6) is 0.241. The van der Waals surface area contributed by atoms with Crippen molar-refractivity contribution in [2.24, 2.45) is 0 Å². The molecule has 0 spiro atoms. The summed E-state index contributed by atoms with van der Waals surface area (Å²) in [5, 5.41) is 14.0. The van der Waals surface area contributed by atoms with Crippen LogP contribution in [0.1, 0.15) is 25.5 Å². The highest BCUT2D eigenvalue weighted by atomic mass is 79.9. The molecule has 5 heteroatoms. The standard InChI is InChI=1S/C14H15BrN2O2/c15-12-9-10(18)4-5-11(12)13-6-7-17(16-13)14-3-1-2-8-19-14/h4-7,9,14,18H,1-3,8H2. The molecule has 2 heterocycles. The fourth-order valence-electron chi connectivity index (χ4n) is 2.29. The fourth-order valence-corrected chi connectivity index (χ4v) is 2.86. The first-order chi connectivity index (χ1) is 9.24. The number of phenols is 1. The Balaban J connectivity index is 1.87. The van der Waals surface area contributed by atoms with Crippen molar-refractivity contribution < 1.29 is 9.84 Å². The molecule has 1 atom stereocenters. The third-order valence-electron chi connectivity index (χ3n) is 3.29. The molecule has 1 aliphatic heterocycles. The maximum atomic E-state index is 9.42. The number of hydrogen-bond acceptors (Lipinski definition) is 3. The Kier molecular flexibility index (Phi) is 3.57. The molecule has 2 aromatic rings. The highest BCUT2D eigenvalue weighted by molar-refractivity contribution is 9.10.